The molecule has 0 saturated heterocycles. The zero-order valence-corrected chi connectivity index (χ0v) is 33.6. The maximum absolute atomic E-state index is 6.59. The highest BCUT2D eigenvalue weighted by Crippen LogP contribution is 2.51. The van der Waals surface area contributed by atoms with Crippen LogP contribution in [0.4, 0.5) is 0 Å². The van der Waals surface area contributed by atoms with E-state index in [4.69, 9.17) is 14.7 Å². The van der Waals surface area contributed by atoms with Gasteiger partial charge in [0.15, 0.2) is 13.8 Å². The quantitative estimate of drug-likeness (QED) is 0.125. The van der Waals surface area contributed by atoms with Gasteiger partial charge in [-0.1, -0.05) is 159 Å². The van der Waals surface area contributed by atoms with Crippen molar-refractivity contribution in [1.29, 1.82) is 0 Å². The highest BCUT2D eigenvalue weighted by Gasteiger charge is 2.42. The summed E-state index contributed by atoms with van der Waals surface area (Å²) in [5.41, 5.74) is 8.34. The van der Waals surface area contributed by atoms with Crippen LogP contribution < -0.4 is 25.5 Å². The molecule has 1 aliphatic heterocycles. The first-order valence-corrected chi connectivity index (χ1v) is 21.9. The molecule has 4 heterocycles. The van der Waals surface area contributed by atoms with Gasteiger partial charge in [0.25, 0.3) is 0 Å². The van der Waals surface area contributed by atoms with E-state index in [1.807, 2.05) is 12.3 Å². The van der Waals surface area contributed by atoms with Gasteiger partial charge in [-0.25, -0.2) is 9.97 Å². The van der Waals surface area contributed by atoms with Crippen molar-refractivity contribution >= 4 is 61.8 Å². The smallest absolute Gasteiger partial charge is 0.179 e. The van der Waals surface area contributed by atoms with Crippen molar-refractivity contribution in [3.63, 3.8) is 0 Å². The van der Waals surface area contributed by atoms with Gasteiger partial charge in [0.2, 0.25) is 0 Å². The van der Waals surface area contributed by atoms with Crippen LogP contribution in [0, 0.1) is 0 Å². The Morgan fingerprint density at radius 1 is 0.569 bits per heavy atom. The Hall–Kier alpha value is -7.02. The first-order chi connectivity index (χ1) is 28.4. The maximum atomic E-state index is 6.59. The van der Waals surface area contributed by atoms with Gasteiger partial charge in [0.05, 0.1) is 22.7 Å². The molecule has 5 nitrogen and oxygen atoms in total. The highest BCUT2D eigenvalue weighted by molar-refractivity contribution is 7.20. The number of aryl methyl sites for hydroxylation is 1. The molecule has 0 spiro atoms. The molecule has 0 bridgehead atoms. The highest BCUT2D eigenvalue weighted by atomic mass is 28.3. The Balaban J connectivity index is 1.18. The number of imidazole rings is 1. The van der Waals surface area contributed by atoms with E-state index in [1.54, 1.807) is 0 Å². The Bertz CT molecular complexity index is 3160. The minimum Gasteiger partial charge on any atom is -0.455 e. The average Bonchev–Trinajstić information content (AvgIpc) is 3.79. The number of rotatable bonds is 6. The summed E-state index contributed by atoms with van der Waals surface area (Å²) < 4.78 is 11.2. The largest absolute Gasteiger partial charge is 0.455 e. The number of nitrogens with zero attached hydrogens (tertiary/aromatic N) is 4. The first kappa shape index (κ1) is 34.2. The van der Waals surface area contributed by atoms with Crippen LogP contribution >= 0.6 is 0 Å². The lowest BCUT2D eigenvalue weighted by Gasteiger charge is -2.35. The maximum Gasteiger partial charge on any atom is 0.179 e. The molecule has 10 aromatic rings. The van der Waals surface area contributed by atoms with Gasteiger partial charge in [0, 0.05) is 45.6 Å². The van der Waals surface area contributed by atoms with E-state index in [0.717, 1.165) is 61.5 Å². The van der Waals surface area contributed by atoms with Crippen LogP contribution in [-0.4, -0.2) is 27.2 Å². The number of para-hydroxylation sites is 4. The fourth-order valence-electron chi connectivity index (χ4n) is 9.74. The molecule has 0 unspecified atom stereocenters. The summed E-state index contributed by atoms with van der Waals surface area (Å²) in [6, 6.07) is 66.1. The molecule has 11 rings (SSSR count). The van der Waals surface area contributed by atoms with Crippen molar-refractivity contribution in [3.05, 3.63) is 199 Å². The zero-order valence-electron chi connectivity index (χ0n) is 32.6. The fourth-order valence-corrected chi connectivity index (χ4v) is 14.6. The number of ether oxygens (including phenoxy) is 1. The SMILES string of the molecule is Cn1c(-c2cccc([Si](c3ccccc3)(c3ccccc3)c3cccc(-n4c5ccccc5c5c6c(cnc54)Oc4ccccc4C6(C)C)c3)c2)nc2ccccc21. The Morgan fingerprint density at radius 2 is 1.19 bits per heavy atom. The number of aromatic nitrogens is 4. The first-order valence-electron chi connectivity index (χ1n) is 19.9. The van der Waals surface area contributed by atoms with E-state index in [-0.39, 0.29) is 5.41 Å². The molecular weight excluding hydrogens is 725 g/mol. The van der Waals surface area contributed by atoms with E-state index in [9.17, 15) is 0 Å². The van der Waals surface area contributed by atoms with Crippen molar-refractivity contribution in [1.82, 2.24) is 19.1 Å². The summed E-state index contributed by atoms with van der Waals surface area (Å²) in [5.74, 6) is 2.66. The molecule has 278 valence electrons. The number of benzene rings is 7. The zero-order chi connectivity index (χ0) is 39.0. The molecule has 1 aliphatic rings. The Labute approximate surface area is 338 Å². The lowest BCUT2D eigenvalue weighted by Crippen LogP contribution is -2.74. The third-order valence-corrected chi connectivity index (χ3v) is 17.1. The predicted molar refractivity (Wildman–Crippen MR) is 241 cm³/mol. The van der Waals surface area contributed by atoms with Crippen molar-refractivity contribution in [2.45, 2.75) is 19.3 Å². The van der Waals surface area contributed by atoms with Crippen LogP contribution in [0.25, 0.3) is 50.0 Å². The minimum absolute atomic E-state index is 0.311. The molecule has 0 saturated carbocycles. The van der Waals surface area contributed by atoms with E-state index < -0.39 is 8.07 Å². The summed E-state index contributed by atoms with van der Waals surface area (Å²) in [6.07, 6.45) is 1.92. The Morgan fingerprint density at radius 3 is 1.95 bits per heavy atom. The summed E-state index contributed by atoms with van der Waals surface area (Å²) in [7, 11) is -0.863. The van der Waals surface area contributed by atoms with Gasteiger partial charge in [-0.05, 0) is 57.1 Å². The molecule has 3 aromatic heterocycles. The van der Waals surface area contributed by atoms with E-state index in [2.05, 4.69) is 206 Å². The monoisotopic (exact) mass is 764 g/mol. The average molecular weight is 765 g/mol. The lowest BCUT2D eigenvalue weighted by atomic mass is 9.74. The normalized spacial score (nSPS) is 13.4. The van der Waals surface area contributed by atoms with Crippen LogP contribution in [-0.2, 0) is 12.5 Å². The van der Waals surface area contributed by atoms with Gasteiger partial charge in [-0.15, -0.1) is 0 Å². The fraction of sp³-hybridized carbons (Fsp3) is 0.0769. The Kier molecular flexibility index (Phi) is 7.68. The van der Waals surface area contributed by atoms with Gasteiger partial charge in [-0.2, -0.15) is 0 Å². The number of fused-ring (bicyclic) bond motifs is 7. The summed E-state index contributed by atoms with van der Waals surface area (Å²) in [5, 5.41) is 7.49. The van der Waals surface area contributed by atoms with Crippen molar-refractivity contribution in [3.8, 4) is 28.6 Å². The van der Waals surface area contributed by atoms with E-state index in [1.165, 1.54) is 31.9 Å². The van der Waals surface area contributed by atoms with Crippen LogP contribution in [0.5, 0.6) is 11.5 Å². The van der Waals surface area contributed by atoms with Crippen LogP contribution in [0.1, 0.15) is 25.0 Å². The molecule has 6 heteroatoms. The third-order valence-electron chi connectivity index (χ3n) is 12.3. The molecule has 0 N–H and O–H groups in total. The third kappa shape index (κ3) is 4.95. The molecule has 0 amide bonds. The van der Waals surface area contributed by atoms with Gasteiger partial charge >= 0.3 is 0 Å². The van der Waals surface area contributed by atoms with Crippen LogP contribution in [0.2, 0.25) is 0 Å². The lowest BCUT2D eigenvalue weighted by molar-refractivity contribution is 0.419. The number of pyridine rings is 1. The van der Waals surface area contributed by atoms with Crippen LogP contribution in [0.3, 0.4) is 0 Å². The second kappa shape index (κ2) is 13.0. The molecule has 0 radical (unpaired) electrons. The summed E-state index contributed by atoms with van der Waals surface area (Å²) in [4.78, 5) is 10.4. The second-order valence-electron chi connectivity index (χ2n) is 15.9. The predicted octanol–water partition coefficient (Wildman–Crippen LogP) is 9.54. The summed E-state index contributed by atoms with van der Waals surface area (Å²) in [6.45, 7) is 4.61. The molecule has 7 aromatic carbocycles. The van der Waals surface area contributed by atoms with Crippen molar-refractivity contribution < 1.29 is 4.74 Å². The van der Waals surface area contributed by atoms with Gasteiger partial charge in [-0.3, -0.25) is 4.57 Å². The summed E-state index contributed by atoms with van der Waals surface area (Å²) >= 11 is 0. The van der Waals surface area contributed by atoms with Crippen molar-refractivity contribution in [2.75, 3.05) is 0 Å². The van der Waals surface area contributed by atoms with E-state index >= 15 is 0 Å². The van der Waals surface area contributed by atoms with E-state index in [0.29, 0.717) is 0 Å². The topological polar surface area (TPSA) is 44.9 Å². The molecular formula is C52H40N4OSi. The molecule has 58 heavy (non-hydrogen) atoms. The standard InChI is InChI=1S/C52H40N4OSi/c1-52(2)42-27-11-15-31-46(42)57-47-34-53-51-48(49(47)52)41-26-10-13-29-44(41)56(51)36-19-17-25-40(33-36)58(37-20-6-4-7-21-37,38-22-8-5-9-23-38)39-24-16-18-35(32-39)50-54-43-28-12-14-30-45(43)55(50)3/h4-34H,1-3H3. The van der Waals surface area contributed by atoms with Gasteiger partial charge < -0.3 is 9.30 Å². The molecule has 0 aliphatic carbocycles. The van der Waals surface area contributed by atoms with Crippen molar-refractivity contribution in [2.24, 2.45) is 7.05 Å². The number of hydrogen-bond donors (Lipinski definition) is 0. The second-order valence-corrected chi connectivity index (χ2v) is 19.7. The molecule has 0 atom stereocenters. The van der Waals surface area contributed by atoms with Crippen LogP contribution in [0.15, 0.2) is 188 Å². The number of hydrogen-bond acceptors (Lipinski definition) is 3. The molecule has 0 fully saturated rings. The minimum atomic E-state index is -2.98. The van der Waals surface area contributed by atoms with Gasteiger partial charge in [0.1, 0.15) is 17.2 Å².